The predicted octanol–water partition coefficient (Wildman–Crippen LogP) is 3.75. The van der Waals surface area contributed by atoms with E-state index in [0.717, 1.165) is 10.8 Å². The number of aromatic nitrogens is 1. The second-order valence-electron chi connectivity index (χ2n) is 3.82. The largest absolute Gasteiger partial charge is 0.359 e. The van der Waals surface area contributed by atoms with Gasteiger partial charge in [-0.2, -0.15) is 0 Å². The molecule has 78 valence electrons. The summed E-state index contributed by atoms with van der Waals surface area (Å²) < 4.78 is 0. The Morgan fingerprint density at radius 2 is 2.33 bits per heavy atom. The first-order valence-corrected chi connectivity index (χ1v) is 6.80. The van der Waals surface area contributed by atoms with Crippen molar-refractivity contribution < 1.29 is 0 Å². The van der Waals surface area contributed by atoms with Gasteiger partial charge in [0.1, 0.15) is 0 Å². The number of hydrogen-bond donors (Lipinski definition) is 1. The molecule has 4 heteroatoms. The summed E-state index contributed by atoms with van der Waals surface area (Å²) in [6, 6.07) is 4.90. The maximum absolute atomic E-state index is 4.65. The summed E-state index contributed by atoms with van der Waals surface area (Å²) in [5.41, 5.74) is 1.15. The van der Waals surface area contributed by atoms with E-state index >= 15 is 0 Å². The average molecular weight is 236 g/mol. The lowest BCUT2D eigenvalue weighted by Gasteiger charge is -1.95. The van der Waals surface area contributed by atoms with Crippen molar-refractivity contribution in [2.24, 2.45) is 0 Å². The van der Waals surface area contributed by atoms with Crippen LogP contribution in [-0.4, -0.2) is 11.0 Å². The Balaban J connectivity index is 1.90. The molecule has 0 aliphatic heterocycles. The number of rotatable bonds is 3. The molecule has 0 spiro atoms. The number of thiazole rings is 1. The van der Waals surface area contributed by atoms with E-state index in [1.807, 2.05) is 0 Å². The Morgan fingerprint density at radius 3 is 3.00 bits per heavy atom. The number of thiophene rings is 1. The Bertz CT molecular complexity index is 455. The van der Waals surface area contributed by atoms with Crippen molar-refractivity contribution in [3.05, 3.63) is 22.4 Å². The molecule has 0 unspecified atom stereocenters. The molecule has 0 aromatic carbocycles. The first-order valence-electron chi connectivity index (χ1n) is 5.11. The second-order valence-corrected chi connectivity index (χ2v) is 5.97. The van der Waals surface area contributed by atoms with Crippen LogP contribution in [0, 0.1) is 6.92 Å². The van der Waals surface area contributed by atoms with Crippen LogP contribution in [0.3, 0.4) is 0 Å². The minimum Gasteiger partial charge on any atom is -0.359 e. The highest BCUT2D eigenvalue weighted by Gasteiger charge is 2.22. The maximum Gasteiger partial charge on any atom is 0.183 e. The average Bonchev–Trinajstić information content (AvgIpc) is 2.76. The summed E-state index contributed by atoms with van der Waals surface area (Å²) in [7, 11) is 0. The van der Waals surface area contributed by atoms with Crippen LogP contribution in [0.1, 0.15) is 17.7 Å². The molecule has 1 N–H and O–H groups in total. The van der Waals surface area contributed by atoms with Gasteiger partial charge in [-0.3, -0.25) is 0 Å². The van der Waals surface area contributed by atoms with Crippen molar-refractivity contribution in [1.29, 1.82) is 0 Å². The SMILES string of the molecule is Cc1sc(NC2CC2)nc1-c1cccs1. The highest BCUT2D eigenvalue weighted by molar-refractivity contribution is 7.17. The van der Waals surface area contributed by atoms with Crippen LogP contribution in [-0.2, 0) is 0 Å². The summed E-state index contributed by atoms with van der Waals surface area (Å²) in [5.74, 6) is 0. The second kappa shape index (κ2) is 3.61. The van der Waals surface area contributed by atoms with E-state index < -0.39 is 0 Å². The van der Waals surface area contributed by atoms with Gasteiger partial charge in [-0.1, -0.05) is 6.07 Å². The van der Waals surface area contributed by atoms with Crippen molar-refractivity contribution in [2.75, 3.05) is 5.32 Å². The molecule has 0 bridgehead atoms. The summed E-state index contributed by atoms with van der Waals surface area (Å²) in [4.78, 5) is 7.23. The van der Waals surface area contributed by atoms with Crippen LogP contribution in [0.15, 0.2) is 17.5 Å². The van der Waals surface area contributed by atoms with Crippen molar-refractivity contribution in [3.8, 4) is 10.6 Å². The number of anilines is 1. The molecule has 2 aromatic rings. The van der Waals surface area contributed by atoms with Crippen molar-refractivity contribution >= 4 is 27.8 Å². The van der Waals surface area contributed by atoms with Crippen LogP contribution in [0.25, 0.3) is 10.6 Å². The molecule has 0 saturated heterocycles. The van der Waals surface area contributed by atoms with Gasteiger partial charge in [0.05, 0.1) is 10.6 Å². The normalized spacial score (nSPS) is 15.5. The molecule has 0 atom stereocenters. The molecule has 0 radical (unpaired) electrons. The Kier molecular flexibility index (Phi) is 2.25. The Labute approximate surface area is 97.0 Å². The van der Waals surface area contributed by atoms with Crippen LogP contribution in [0.4, 0.5) is 5.13 Å². The van der Waals surface area contributed by atoms with Gasteiger partial charge >= 0.3 is 0 Å². The summed E-state index contributed by atoms with van der Waals surface area (Å²) in [6.45, 7) is 2.14. The first kappa shape index (κ1) is 9.36. The standard InChI is InChI=1S/C11H12N2S2/c1-7-10(9-3-2-6-14-9)13-11(15-7)12-8-4-5-8/h2-3,6,8H,4-5H2,1H3,(H,12,13). The van der Waals surface area contributed by atoms with E-state index in [0.29, 0.717) is 6.04 Å². The molecule has 15 heavy (non-hydrogen) atoms. The fraction of sp³-hybridized carbons (Fsp3) is 0.364. The van der Waals surface area contributed by atoms with Crippen LogP contribution >= 0.6 is 22.7 Å². The third-order valence-corrected chi connectivity index (χ3v) is 4.23. The molecule has 1 saturated carbocycles. The molecule has 0 amide bonds. The molecule has 2 heterocycles. The van der Waals surface area contributed by atoms with Crippen molar-refractivity contribution in [1.82, 2.24) is 4.98 Å². The number of aryl methyl sites for hydroxylation is 1. The molecule has 1 fully saturated rings. The maximum atomic E-state index is 4.65. The predicted molar refractivity (Wildman–Crippen MR) is 66.8 cm³/mol. The van der Waals surface area contributed by atoms with Crippen molar-refractivity contribution in [3.63, 3.8) is 0 Å². The van der Waals surface area contributed by atoms with Gasteiger partial charge in [0.15, 0.2) is 5.13 Å². The van der Waals surface area contributed by atoms with Gasteiger partial charge in [-0.25, -0.2) is 4.98 Å². The lowest BCUT2D eigenvalue weighted by molar-refractivity contribution is 1.14. The fourth-order valence-corrected chi connectivity index (χ4v) is 3.24. The molecule has 2 nitrogen and oxygen atoms in total. The zero-order valence-corrected chi connectivity index (χ0v) is 10.1. The van der Waals surface area contributed by atoms with E-state index in [9.17, 15) is 0 Å². The smallest absolute Gasteiger partial charge is 0.183 e. The fourth-order valence-electron chi connectivity index (χ4n) is 1.50. The van der Waals surface area contributed by atoms with E-state index in [1.165, 1.54) is 22.6 Å². The van der Waals surface area contributed by atoms with Gasteiger partial charge < -0.3 is 5.32 Å². The lowest BCUT2D eigenvalue weighted by atomic mass is 10.3. The van der Waals surface area contributed by atoms with Gasteiger partial charge in [0.25, 0.3) is 0 Å². The minimum absolute atomic E-state index is 0.687. The third kappa shape index (κ3) is 1.92. The third-order valence-electron chi connectivity index (χ3n) is 2.46. The molecule has 3 rings (SSSR count). The molecule has 1 aliphatic carbocycles. The molecular weight excluding hydrogens is 224 g/mol. The van der Waals surface area contributed by atoms with Crippen LogP contribution < -0.4 is 5.32 Å². The Hall–Kier alpha value is -0.870. The van der Waals surface area contributed by atoms with E-state index in [-0.39, 0.29) is 0 Å². The van der Waals surface area contributed by atoms with Gasteiger partial charge in [0, 0.05) is 10.9 Å². The number of hydrogen-bond acceptors (Lipinski definition) is 4. The van der Waals surface area contributed by atoms with Gasteiger partial charge in [-0.15, -0.1) is 22.7 Å². The highest BCUT2D eigenvalue weighted by Crippen LogP contribution is 2.35. The van der Waals surface area contributed by atoms with Gasteiger partial charge in [0.2, 0.25) is 0 Å². The summed E-state index contributed by atoms with van der Waals surface area (Å²) >= 11 is 3.52. The quantitative estimate of drug-likeness (QED) is 0.877. The lowest BCUT2D eigenvalue weighted by Crippen LogP contribution is -1.99. The molecular formula is C11H12N2S2. The van der Waals surface area contributed by atoms with E-state index in [4.69, 9.17) is 0 Å². The number of nitrogens with one attached hydrogen (secondary N) is 1. The Morgan fingerprint density at radius 1 is 1.47 bits per heavy atom. The minimum atomic E-state index is 0.687. The van der Waals surface area contributed by atoms with E-state index in [2.05, 4.69) is 34.7 Å². The summed E-state index contributed by atoms with van der Waals surface area (Å²) in [6.07, 6.45) is 2.60. The topological polar surface area (TPSA) is 24.9 Å². The zero-order valence-electron chi connectivity index (χ0n) is 8.49. The van der Waals surface area contributed by atoms with Crippen molar-refractivity contribution in [2.45, 2.75) is 25.8 Å². The first-order chi connectivity index (χ1) is 7.33. The van der Waals surface area contributed by atoms with E-state index in [1.54, 1.807) is 22.7 Å². The molecule has 1 aliphatic rings. The summed E-state index contributed by atoms with van der Waals surface area (Å²) in [5, 5.41) is 6.63. The zero-order chi connectivity index (χ0) is 10.3. The van der Waals surface area contributed by atoms with Crippen LogP contribution in [0.5, 0.6) is 0 Å². The molecule has 2 aromatic heterocycles. The monoisotopic (exact) mass is 236 g/mol. The highest BCUT2D eigenvalue weighted by atomic mass is 32.1. The number of nitrogens with zero attached hydrogens (tertiary/aromatic N) is 1. The van der Waals surface area contributed by atoms with Crippen LogP contribution in [0.2, 0.25) is 0 Å². The van der Waals surface area contributed by atoms with Gasteiger partial charge in [-0.05, 0) is 31.2 Å².